The van der Waals surface area contributed by atoms with Gasteiger partial charge >= 0.3 is 5.97 Å². The topological polar surface area (TPSA) is 46.5 Å². The van der Waals surface area contributed by atoms with E-state index in [2.05, 4.69) is 48.1 Å². The van der Waals surface area contributed by atoms with E-state index in [-0.39, 0.29) is 11.3 Å². The van der Waals surface area contributed by atoms with Crippen molar-refractivity contribution in [1.29, 1.82) is 0 Å². The van der Waals surface area contributed by atoms with Gasteiger partial charge in [-0.1, -0.05) is 46.8 Å². The number of hydrogen-bond donors (Lipinski definition) is 1. The summed E-state index contributed by atoms with van der Waals surface area (Å²) in [5.41, 5.74) is 2.47. The second-order valence-corrected chi connectivity index (χ2v) is 14.7. The molecule has 11 atom stereocenters. The average molecular weight is 471 g/mol. The summed E-state index contributed by atoms with van der Waals surface area (Å²) in [5.74, 6) is 2.64. The van der Waals surface area contributed by atoms with Crippen LogP contribution < -0.4 is 0 Å². The van der Waals surface area contributed by atoms with Crippen molar-refractivity contribution in [2.45, 2.75) is 105 Å². The predicted octanol–water partition coefficient (Wildman–Crippen LogP) is 7.60. The zero-order chi connectivity index (χ0) is 24.8. The Hall–Kier alpha value is -0.830. The lowest BCUT2D eigenvalue weighted by atomic mass is 9.33. The lowest BCUT2D eigenvalue weighted by Gasteiger charge is -2.72. The van der Waals surface area contributed by atoms with E-state index in [1.807, 2.05) is 7.11 Å². The number of rotatable bonds is 3. The van der Waals surface area contributed by atoms with Crippen molar-refractivity contribution in [1.82, 2.24) is 0 Å². The molecule has 0 radical (unpaired) electrons. The van der Waals surface area contributed by atoms with Gasteiger partial charge in [0.05, 0.1) is 12.0 Å². The molecule has 0 aromatic carbocycles. The van der Waals surface area contributed by atoms with Crippen molar-refractivity contribution in [3.8, 4) is 0 Å². The summed E-state index contributed by atoms with van der Waals surface area (Å²) < 4.78 is 6.02. The molecule has 0 amide bonds. The summed E-state index contributed by atoms with van der Waals surface area (Å²) in [7, 11) is 1.91. The monoisotopic (exact) mass is 470 g/mol. The smallest absolute Gasteiger partial charge is 0.306 e. The van der Waals surface area contributed by atoms with Crippen LogP contribution in [0.15, 0.2) is 12.2 Å². The van der Waals surface area contributed by atoms with Gasteiger partial charge in [-0.25, -0.2) is 0 Å². The molecule has 0 bridgehead atoms. The Balaban J connectivity index is 1.52. The first kappa shape index (κ1) is 24.8. The Bertz CT molecular complexity index is 861. The molecular weight excluding hydrogens is 420 g/mol. The highest BCUT2D eigenvalue weighted by atomic mass is 16.5. The Morgan fingerprint density at radius 2 is 1.56 bits per heavy atom. The molecule has 1 unspecified atom stereocenters. The van der Waals surface area contributed by atoms with E-state index in [9.17, 15) is 9.90 Å². The van der Waals surface area contributed by atoms with Crippen LogP contribution in [-0.4, -0.2) is 24.3 Å². The highest BCUT2D eigenvalue weighted by Gasteiger charge is 2.69. The number of fused-ring (bicyclic) bond motifs is 7. The third-order valence-corrected chi connectivity index (χ3v) is 13.6. The minimum absolute atomic E-state index is 0.167. The van der Waals surface area contributed by atoms with Gasteiger partial charge in [-0.3, -0.25) is 4.79 Å². The van der Waals surface area contributed by atoms with Crippen LogP contribution in [-0.2, 0) is 9.53 Å². The fourth-order valence-corrected chi connectivity index (χ4v) is 11.9. The van der Waals surface area contributed by atoms with Gasteiger partial charge < -0.3 is 9.84 Å². The normalized spacial score (nSPS) is 53.7. The maximum Gasteiger partial charge on any atom is 0.306 e. The summed E-state index contributed by atoms with van der Waals surface area (Å²) >= 11 is 0. The largest absolute Gasteiger partial charge is 0.481 e. The van der Waals surface area contributed by atoms with E-state index in [0.717, 1.165) is 24.7 Å². The first-order valence-electron chi connectivity index (χ1n) is 14.2. The molecule has 0 aliphatic heterocycles. The number of carboxylic acids is 1. The van der Waals surface area contributed by atoms with Crippen molar-refractivity contribution >= 4 is 5.97 Å². The minimum Gasteiger partial charge on any atom is -0.481 e. The van der Waals surface area contributed by atoms with Crippen LogP contribution in [0, 0.1) is 63.1 Å². The zero-order valence-electron chi connectivity index (χ0n) is 23.0. The summed E-state index contributed by atoms with van der Waals surface area (Å²) in [6.45, 7) is 19.4. The van der Waals surface area contributed by atoms with Crippen LogP contribution in [0.3, 0.4) is 0 Å². The molecular formula is C31H50O3. The van der Waals surface area contributed by atoms with Gasteiger partial charge in [0.2, 0.25) is 0 Å². The van der Waals surface area contributed by atoms with Gasteiger partial charge in [0.15, 0.2) is 0 Å². The van der Waals surface area contributed by atoms with Crippen LogP contribution in [0.4, 0.5) is 0 Å². The predicted molar refractivity (Wildman–Crippen MR) is 137 cm³/mol. The fraction of sp³-hybridized carbons (Fsp3) is 0.903. The molecule has 5 rings (SSSR count). The van der Waals surface area contributed by atoms with Crippen molar-refractivity contribution in [3.63, 3.8) is 0 Å². The van der Waals surface area contributed by atoms with Crippen molar-refractivity contribution in [2.75, 3.05) is 7.11 Å². The molecule has 5 aliphatic rings. The summed E-state index contributed by atoms with van der Waals surface area (Å²) in [4.78, 5) is 12.2. The highest BCUT2D eigenvalue weighted by molar-refractivity contribution is 5.71. The van der Waals surface area contributed by atoms with Gasteiger partial charge in [0.1, 0.15) is 0 Å². The van der Waals surface area contributed by atoms with E-state index in [1.54, 1.807) is 0 Å². The number of aliphatic carboxylic acids is 1. The highest BCUT2D eigenvalue weighted by Crippen LogP contribution is 2.76. The van der Waals surface area contributed by atoms with Crippen LogP contribution in [0.2, 0.25) is 0 Å². The second kappa shape index (κ2) is 7.83. The molecule has 34 heavy (non-hydrogen) atoms. The molecule has 0 aromatic rings. The lowest BCUT2D eigenvalue weighted by Crippen LogP contribution is -2.66. The van der Waals surface area contributed by atoms with Gasteiger partial charge in [-0.05, 0) is 122 Å². The number of carbonyl (C=O) groups is 1. The average Bonchev–Trinajstić information content (AvgIpc) is 3.14. The number of methoxy groups -OCH3 is 1. The van der Waals surface area contributed by atoms with Gasteiger partial charge in [0.25, 0.3) is 0 Å². The molecule has 5 saturated carbocycles. The first-order valence-corrected chi connectivity index (χ1v) is 14.2. The maximum atomic E-state index is 12.2. The summed E-state index contributed by atoms with van der Waals surface area (Å²) in [6.07, 6.45) is 11.2. The second-order valence-electron chi connectivity index (χ2n) is 14.7. The lowest BCUT2D eigenvalue weighted by molar-refractivity contribution is -0.243. The Morgan fingerprint density at radius 3 is 2.18 bits per heavy atom. The van der Waals surface area contributed by atoms with Gasteiger partial charge in [-0.15, -0.1) is 0 Å². The fourth-order valence-electron chi connectivity index (χ4n) is 11.9. The van der Waals surface area contributed by atoms with Crippen LogP contribution in [0.25, 0.3) is 0 Å². The molecule has 0 heterocycles. The first-order chi connectivity index (χ1) is 15.8. The Labute approximate surface area is 208 Å². The third-order valence-electron chi connectivity index (χ3n) is 13.6. The summed E-state index contributed by atoms with van der Waals surface area (Å²) in [6, 6.07) is 0. The molecule has 1 N–H and O–H groups in total. The van der Waals surface area contributed by atoms with E-state index in [1.165, 1.54) is 50.5 Å². The molecule has 0 spiro atoms. The quantitative estimate of drug-likeness (QED) is 0.432. The van der Waals surface area contributed by atoms with E-state index >= 15 is 0 Å². The minimum atomic E-state index is -0.563. The molecule has 0 saturated heterocycles. The zero-order valence-corrected chi connectivity index (χ0v) is 23.0. The van der Waals surface area contributed by atoms with E-state index in [0.29, 0.717) is 46.0 Å². The Kier molecular flexibility index (Phi) is 5.72. The van der Waals surface area contributed by atoms with Crippen LogP contribution in [0.5, 0.6) is 0 Å². The van der Waals surface area contributed by atoms with E-state index < -0.39 is 5.97 Å². The van der Waals surface area contributed by atoms with Crippen molar-refractivity contribution in [2.24, 2.45) is 63.1 Å². The number of allylic oxidation sites excluding steroid dienone is 1. The van der Waals surface area contributed by atoms with Crippen LogP contribution in [0.1, 0.15) is 99.3 Å². The molecule has 5 fully saturated rings. The van der Waals surface area contributed by atoms with Gasteiger partial charge in [-0.2, -0.15) is 0 Å². The molecule has 3 nitrogen and oxygen atoms in total. The maximum absolute atomic E-state index is 12.2. The number of hydrogen-bond acceptors (Lipinski definition) is 2. The number of carboxylic acid groups (broad SMARTS) is 1. The molecule has 192 valence electrons. The Morgan fingerprint density at radius 1 is 0.882 bits per heavy atom. The summed E-state index contributed by atoms with van der Waals surface area (Å²) in [5, 5.41) is 10.1. The molecule has 3 heteroatoms. The van der Waals surface area contributed by atoms with Gasteiger partial charge in [0, 0.05) is 7.11 Å². The molecule has 0 aromatic heterocycles. The van der Waals surface area contributed by atoms with Crippen molar-refractivity contribution in [3.05, 3.63) is 12.2 Å². The molecule has 5 aliphatic carbocycles. The standard InChI is InChI=1S/C31H50O3/c1-18(2)20-17-21(27(32)33)19-11-15-30(6)22(26(19)20)9-10-24-29(5)14-13-25(34-8)28(3,4)23(29)12-16-31(24,30)7/h19-26H,1,9-17H2,2-8H3,(H,32,33)/t19?,20-,21+,22+,23-,24+,25-,26+,29-,30+,31+/m0/s1. The SMILES string of the molecule is C=C(C)[C@@H]1C[C@@H](C(=O)O)C2CC[C@]3(C)[C@H](CC[C@@H]4[C@@]5(C)CC[C@H](OC)C(C)(C)[C@@H]5CC[C@]43C)[C@H]21. The third kappa shape index (κ3) is 3.00. The van der Waals surface area contributed by atoms with Crippen LogP contribution >= 0.6 is 0 Å². The number of ether oxygens (including phenoxy) is 1. The van der Waals surface area contributed by atoms with Crippen molar-refractivity contribution < 1.29 is 14.6 Å². The van der Waals surface area contributed by atoms with E-state index in [4.69, 9.17) is 4.74 Å².